The van der Waals surface area contributed by atoms with Crippen molar-refractivity contribution >= 4 is 17.0 Å². The summed E-state index contributed by atoms with van der Waals surface area (Å²) in [5.41, 5.74) is 4.38. The van der Waals surface area contributed by atoms with E-state index in [0.717, 1.165) is 73.2 Å². The van der Waals surface area contributed by atoms with Crippen molar-refractivity contribution in [3.8, 4) is 11.4 Å². The van der Waals surface area contributed by atoms with Gasteiger partial charge in [0.25, 0.3) is 5.56 Å². The van der Waals surface area contributed by atoms with E-state index in [2.05, 4.69) is 16.0 Å². The fourth-order valence-corrected chi connectivity index (χ4v) is 5.30. The van der Waals surface area contributed by atoms with Gasteiger partial charge in [0, 0.05) is 50.0 Å². The van der Waals surface area contributed by atoms with E-state index >= 15 is 0 Å². The number of nitrogens with one attached hydrogen (secondary N) is 1. The molecule has 9 nitrogen and oxygen atoms in total. The number of aryl methyl sites for hydroxylation is 2. The number of rotatable bonds is 9. The molecule has 1 aliphatic carbocycles. The third-order valence-corrected chi connectivity index (χ3v) is 7.73. The quantitative estimate of drug-likeness (QED) is 0.416. The maximum Gasteiger partial charge on any atom is 0.326 e. The van der Waals surface area contributed by atoms with Crippen molar-refractivity contribution < 1.29 is 19.4 Å². The number of aromatic nitrogens is 3. The number of carbonyl (C=O) groups excluding carboxylic acids is 1. The van der Waals surface area contributed by atoms with E-state index < -0.39 is 18.1 Å². The van der Waals surface area contributed by atoms with Gasteiger partial charge >= 0.3 is 5.97 Å². The van der Waals surface area contributed by atoms with Gasteiger partial charge in [0.15, 0.2) is 0 Å². The van der Waals surface area contributed by atoms with Gasteiger partial charge in [-0.15, -0.1) is 0 Å². The van der Waals surface area contributed by atoms with Gasteiger partial charge in [-0.2, -0.15) is 0 Å². The number of aliphatic hydroxyl groups excluding tert-OH is 1. The van der Waals surface area contributed by atoms with Crippen LogP contribution in [0.1, 0.15) is 50.2 Å². The smallest absolute Gasteiger partial charge is 0.326 e. The number of carbonyl (C=O) groups is 1. The number of ether oxygens (including phenoxy) is 2. The Morgan fingerprint density at radius 3 is 2.74 bits per heavy atom. The monoisotopic (exact) mass is 522 g/mol. The van der Waals surface area contributed by atoms with E-state index in [1.807, 2.05) is 31.3 Å². The number of hydrogen-bond acceptors (Lipinski definition) is 7. The van der Waals surface area contributed by atoms with Gasteiger partial charge in [0.1, 0.15) is 18.0 Å². The lowest BCUT2D eigenvalue weighted by Gasteiger charge is -2.28. The first-order valence-electron chi connectivity index (χ1n) is 13.7. The molecule has 0 unspecified atom stereocenters. The van der Waals surface area contributed by atoms with Crippen LogP contribution in [0.4, 0.5) is 0 Å². The second-order valence-electron chi connectivity index (χ2n) is 10.9. The molecule has 38 heavy (non-hydrogen) atoms. The van der Waals surface area contributed by atoms with Crippen LogP contribution in [0.3, 0.4) is 0 Å². The van der Waals surface area contributed by atoms with E-state index in [9.17, 15) is 14.7 Å². The number of nitrogens with zero attached hydrogens (tertiary/aromatic N) is 3. The fourth-order valence-electron chi connectivity index (χ4n) is 5.30. The van der Waals surface area contributed by atoms with Crippen LogP contribution in [0.2, 0.25) is 0 Å². The van der Waals surface area contributed by atoms with E-state index in [-0.39, 0.29) is 11.7 Å². The zero-order valence-electron chi connectivity index (χ0n) is 22.5. The van der Waals surface area contributed by atoms with Crippen molar-refractivity contribution in [2.45, 2.75) is 77.3 Å². The molecule has 0 spiro atoms. The summed E-state index contributed by atoms with van der Waals surface area (Å²) in [5.74, 6) is 0.789. The van der Waals surface area contributed by atoms with Gasteiger partial charge in [0.2, 0.25) is 0 Å². The first-order chi connectivity index (χ1) is 18.3. The third kappa shape index (κ3) is 5.70. The minimum absolute atomic E-state index is 0.0195. The Kier molecular flexibility index (Phi) is 7.97. The number of pyridine rings is 1. The van der Waals surface area contributed by atoms with Crippen LogP contribution >= 0.6 is 0 Å². The first-order valence-corrected chi connectivity index (χ1v) is 13.7. The molecule has 1 aromatic carbocycles. The molecule has 2 N–H and O–H groups in total. The predicted octanol–water partition coefficient (Wildman–Crippen LogP) is 3.07. The number of fused-ring (bicyclic) bond motifs is 1. The Hall–Kier alpha value is -3.01. The fraction of sp³-hybridized carbons (Fsp3) is 0.552. The van der Waals surface area contributed by atoms with Crippen LogP contribution in [-0.4, -0.2) is 56.7 Å². The molecule has 5 rings (SSSR count). The minimum atomic E-state index is -0.872. The molecule has 3 aromatic rings. The highest BCUT2D eigenvalue weighted by Crippen LogP contribution is 2.29. The van der Waals surface area contributed by atoms with Crippen molar-refractivity contribution in [2.24, 2.45) is 13.0 Å². The lowest BCUT2D eigenvalue weighted by atomic mass is 9.96. The molecular weight excluding hydrogens is 484 g/mol. The van der Waals surface area contributed by atoms with E-state index in [0.29, 0.717) is 24.6 Å². The molecule has 1 aliphatic heterocycles. The maximum absolute atomic E-state index is 12.6. The van der Waals surface area contributed by atoms with Gasteiger partial charge in [-0.1, -0.05) is 6.07 Å². The largest absolute Gasteiger partial charge is 0.461 e. The van der Waals surface area contributed by atoms with Gasteiger partial charge in [-0.3, -0.25) is 14.9 Å². The summed E-state index contributed by atoms with van der Waals surface area (Å²) in [6.45, 7) is 6.10. The molecule has 2 aliphatic rings. The van der Waals surface area contributed by atoms with E-state index in [1.54, 1.807) is 18.5 Å². The Bertz CT molecular complexity index is 1320. The topological polar surface area (TPSA) is 108 Å². The van der Waals surface area contributed by atoms with Crippen LogP contribution in [0.5, 0.6) is 0 Å². The molecule has 2 fully saturated rings. The Labute approximate surface area is 222 Å². The molecule has 3 atom stereocenters. The summed E-state index contributed by atoms with van der Waals surface area (Å²) < 4.78 is 15.1. The molecule has 0 bridgehead atoms. The van der Waals surface area contributed by atoms with Gasteiger partial charge in [-0.25, -0.2) is 4.98 Å². The highest BCUT2D eigenvalue weighted by molar-refractivity contribution is 5.81. The standard InChI is InChI=1S/C29H38N4O5/c1-18-12-22(16-32(3)28(18)35)27-31-24-10-9-20(13-25(24)33(27)15-21-6-5-11-37-17-21)14-30-26(19(2)34)29(36)38-23-7-4-8-23/h9-10,12-13,16,19,21,23,26,30,34H,4-8,11,14-15,17H2,1-3H3/t19-,21+,26+/m0/s1. The maximum atomic E-state index is 12.6. The first kappa shape index (κ1) is 26.6. The number of hydrogen-bond donors (Lipinski definition) is 2. The third-order valence-electron chi connectivity index (χ3n) is 7.73. The number of imidazole rings is 1. The lowest BCUT2D eigenvalue weighted by molar-refractivity contribution is -0.158. The number of benzene rings is 1. The Morgan fingerprint density at radius 1 is 1.26 bits per heavy atom. The van der Waals surface area contributed by atoms with E-state index in [1.165, 1.54) is 0 Å². The molecule has 0 amide bonds. The Balaban J connectivity index is 1.45. The minimum Gasteiger partial charge on any atom is -0.461 e. The zero-order chi connectivity index (χ0) is 26.8. The highest BCUT2D eigenvalue weighted by atomic mass is 16.5. The van der Waals surface area contributed by atoms with Crippen LogP contribution in [-0.2, 0) is 34.4 Å². The molecule has 204 valence electrons. The zero-order valence-corrected chi connectivity index (χ0v) is 22.5. The summed E-state index contributed by atoms with van der Waals surface area (Å²) in [6.07, 6.45) is 5.93. The second-order valence-corrected chi connectivity index (χ2v) is 10.9. The van der Waals surface area contributed by atoms with Crippen LogP contribution < -0.4 is 10.9 Å². The van der Waals surface area contributed by atoms with Crippen LogP contribution in [0.15, 0.2) is 35.3 Å². The van der Waals surface area contributed by atoms with Crippen molar-refractivity contribution in [3.63, 3.8) is 0 Å². The SMILES string of the molecule is Cc1cc(-c2nc3ccc(CN[C@@H](C(=O)OC4CCC4)[C@H](C)O)cc3n2C[C@H]2CCCOC2)cn(C)c1=O. The summed E-state index contributed by atoms with van der Waals surface area (Å²) >= 11 is 0. The molecular formula is C29H38N4O5. The number of aliphatic hydroxyl groups is 1. The van der Waals surface area contributed by atoms with Crippen molar-refractivity contribution in [1.29, 1.82) is 0 Å². The molecule has 1 saturated heterocycles. The van der Waals surface area contributed by atoms with Crippen molar-refractivity contribution in [2.75, 3.05) is 13.2 Å². The van der Waals surface area contributed by atoms with Crippen LogP contribution in [0.25, 0.3) is 22.4 Å². The van der Waals surface area contributed by atoms with Crippen LogP contribution in [0, 0.1) is 12.8 Å². The van der Waals surface area contributed by atoms with Gasteiger partial charge in [0.05, 0.1) is 23.7 Å². The molecule has 2 aromatic heterocycles. The average Bonchev–Trinajstić information content (AvgIpc) is 3.22. The van der Waals surface area contributed by atoms with E-state index in [4.69, 9.17) is 14.5 Å². The predicted molar refractivity (Wildman–Crippen MR) is 145 cm³/mol. The molecule has 3 heterocycles. The normalized spacial score (nSPS) is 19.7. The average molecular weight is 523 g/mol. The number of esters is 1. The van der Waals surface area contributed by atoms with Gasteiger partial charge < -0.3 is 23.7 Å². The molecule has 1 saturated carbocycles. The lowest BCUT2D eigenvalue weighted by Crippen LogP contribution is -2.47. The Morgan fingerprint density at radius 2 is 2.08 bits per heavy atom. The summed E-state index contributed by atoms with van der Waals surface area (Å²) in [7, 11) is 1.76. The highest BCUT2D eigenvalue weighted by Gasteiger charge is 2.30. The molecule has 0 radical (unpaired) electrons. The van der Waals surface area contributed by atoms with Crippen molar-refractivity contribution in [3.05, 3.63) is 51.9 Å². The summed E-state index contributed by atoms with van der Waals surface area (Å²) in [6, 6.07) is 7.18. The van der Waals surface area contributed by atoms with Gasteiger partial charge in [-0.05, 0) is 69.7 Å². The van der Waals surface area contributed by atoms with Crippen molar-refractivity contribution in [1.82, 2.24) is 19.4 Å². The second kappa shape index (κ2) is 11.4. The summed E-state index contributed by atoms with van der Waals surface area (Å²) in [5, 5.41) is 13.4. The summed E-state index contributed by atoms with van der Waals surface area (Å²) in [4.78, 5) is 29.9. The molecule has 9 heteroatoms.